The first-order valence-corrected chi connectivity index (χ1v) is 9.75. The van der Waals surface area contributed by atoms with Gasteiger partial charge in [-0.25, -0.2) is 0 Å². The molecule has 1 aliphatic carbocycles. The number of fused-ring (bicyclic) bond motifs is 1. The topological polar surface area (TPSA) is 79.3 Å². The Morgan fingerprint density at radius 1 is 1.31 bits per heavy atom. The SMILES string of the molecule is COc1ccc(CN(C)C(=O)C(C)N2C[C@@H]3CCC[C@@]3(C(=O)O)C2)cc1OC.Cl. The highest BCUT2D eigenvalue weighted by molar-refractivity contribution is 5.85. The summed E-state index contributed by atoms with van der Waals surface area (Å²) in [5, 5.41) is 9.76. The lowest BCUT2D eigenvalue weighted by atomic mass is 9.81. The number of hydrogen-bond donors (Lipinski definition) is 1. The fraction of sp³-hybridized carbons (Fsp3) is 0.619. The quantitative estimate of drug-likeness (QED) is 0.722. The van der Waals surface area contributed by atoms with Crippen LogP contribution in [0.5, 0.6) is 11.5 Å². The van der Waals surface area contributed by atoms with Crippen LogP contribution in [-0.2, 0) is 16.1 Å². The minimum Gasteiger partial charge on any atom is -0.493 e. The molecule has 1 aromatic rings. The van der Waals surface area contributed by atoms with E-state index in [4.69, 9.17) is 9.47 Å². The third kappa shape index (κ3) is 4.31. The summed E-state index contributed by atoms with van der Waals surface area (Å²) in [5.74, 6) is 0.711. The number of hydrogen-bond acceptors (Lipinski definition) is 5. The lowest BCUT2D eigenvalue weighted by Gasteiger charge is -2.29. The zero-order chi connectivity index (χ0) is 20.5. The summed E-state index contributed by atoms with van der Waals surface area (Å²) in [6, 6.07) is 5.27. The number of amides is 1. The van der Waals surface area contributed by atoms with E-state index in [2.05, 4.69) is 0 Å². The van der Waals surface area contributed by atoms with Gasteiger partial charge in [0.05, 0.1) is 25.7 Å². The molecule has 3 rings (SSSR count). The normalized spacial score (nSPS) is 24.3. The van der Waals surface area contributed by atoms with Gasteiger partial charge < -0.3 is 19.5 Å². The fourth-order valence-electron chi connectivity index (χ4n) is 4.78. The van der Waals surface area contributed by atoms with Crippen molar-refractivity contribution in [3.05, 3.63) is 23.8 Å². The van der Waals surface area contributed by atoms with E-state index in [1.54, 1.807) is 26.2 Å². The van der Waals surface area contributed by atoms with Crippen LogP contribution in [0.3, 0.4) is 0 Å². The van der Waals surface area contributed by atoms with E-state index in [9.17, 15) is 14.7 Å². The molecule has 0 aromatic heterocycles. The highest BCUT2D eigenvalue weighted by Gasteiger charge is 2.56. The van der Waals surface area contributed by atoms with Gasteiger partial charge in [-0.05, 0) is 43.4 Å². The average Bonchev–Trinajstić information content (AvgIpc) is 3.25. The molecule has 7 nitrogen and oxygen atoms in total. The summed E-state index contributed by atoms with van der Waals surface area (Å²) in [6.07, 6.45) is 2.61. The number of carbonyl (C=O) groups is 2. The van der Waals surface area contributed by atoms with Crippen LogP contribution in [0.4, 0.5) is 0 Å². The van der Waals surface area contributed by atoms with Gasteiger partial charge in [-0.15, -0.1) is 12.4 Å². The number of likely N-dealkylation sites (tertiary alicyclic amines) is 1. The van der Waals surface area contributed by atoms with E-state index in [0.29, 0.717) is 37.6 Å². The zero-order valence-electron chi connectivity index (χ0n) is 17.5. The monoisotopic (exact) mass is 426 g/mol. The third-order valence-electron chi connectivity index (χ3n) is 6.47. The molecule has 2 aliphatic rings. The van der Waals surface area contributed by atoms with E-state index in [0.717, 1.165) is 18.4 Å². The molecule has 162 valence electrons. The Balaban J connectivity index is 0.00000300. The lowest BCUT2D eigenvalue weighted by molar-refractivity contribution is -0.150. The lowest BCUT2D eigenvalue weighted by Crippen LogP contribution is -2.46. The van der Waals surface area contributed by atoms with Crippen LogP contribution in [0.2, 0.25) is 0 Å². The molecule has 1 saturated carbocycles. The number of ether oxygens (including phenoxy) is 2. The second-order valence-electron chi connectivity index (χ2n) is 8.04. The van der Waals surface area contributed by atoms with Gasteiger partial charge in [-0.3, -0.25) is 14.5 Å². The molecule has 1 heterocycles. The predicted octanol–water partition coefficient (Wildman–Crippen LogP) is 2.66. The number of carboxylic acids is 1. The van der Waals surface area contributed by atoms with Crippen molar-refractivity contribution in [2.24, 2.45) is 11.3 Å². The molecule has 1 unspecified atom stereocenters. The van der Waals surface area contributed by atoms with Crippen LogP contribution in [0.15, 0.2) is 18.2 Å². The molecule has 1 N–H and O–H groups in total. The molecule has 2 fully saturated rings. The van der Waals surface area contributed by atoms with E-state index < -0.39 is 11.4 Å². The van der Waals surface area contributed by atoms with Crippen molar-refractivity contribution in [2.75, 3.05) is 34.4 Å². The summed E-state index contributed by atoms with van der Waals surface area (Å²) in [4.78, 5) is 28.6. The Labute approximate surface area is 178 Å². The van der Waals surface area contributed by atoms with Gasteiger partial charge in [0, 0.05) is 26.7 Å². The van der Waals surface area contributed by atoms with Gasteiger partial charge in [-0.1, -0.05) is 12.5 Å². The number of carboxylic acid groups (broad SMARTS) is 1. The highest BCUT2D eigenvalue weighted by Crippen LogP contribution is 2.49. The van der Waals surface area contributed by atoms with Crippen molar-refractivity contribution in [1.82, 2.24) is 9.80 Å². The average molecular weight is 427 g/mol. The Bertz CT molecular complexity index is 759. The smallest absolute Gasteiger partial charge is 0.311 e. The predicted molar refractivity (Wildman–Crippen MR) is 112 cm³/mol. The first-order valence-electron chi connectivity index (χ1n) is 9.75. The van der Waals surface area contributed by atoms with Gasteiger partial charge in [0.25, 0.3) is 0 Å². The maximum Gasteiger partial charge on any atom is 0.311 e. The van der Waals surface area contributed by atoms with Crippen LogP contribution in [0.25, 0.3) is 0 Å². The standard InChI is InChI=1S/C21H30N2O5.ClH/c1-14(23-12-16-6-5-9-21(16,13-23)20(25)26)19(24)22(2)11-15-7-8-17(27-3)18(10-15)28-4;/h7-8,10,14,16H,5-6,9,11-13H2,1-4H3,(H,25,26);1H/t14?,16-,21+;/m0./s1. The van der Waals surface area contributed by atoms with Crippen LogP contribution in [-0.4, -0.2) is 67.2 Å². The number of likely N-dealkylation sites (N-methyl/N-ethyl adjacent to an activating group) is 1. The maximum atomic E-state index is 13.0. The number of carbonyl (C=O) groups excluding carboxylic acids is 1. The highest BCUT2D eigenvalue weighted by atomic mass is 35.5. The second-order valence-corrected chi connectivity index (χ2v) is 8.04. The Kier molecular flexibility index (Phi) is 7.40. The van der Waals surface area contributed by atoms with Crippen molar-refractivity contribution in [1.29, 1.82) is 0 Å². The van der Waals surface area contributed by atoms with Gasteiger partial charge in [-0.2, -0.15) is 0 Å². The summed E-state index contributed by atoms with van der Waals surface area (Å²) in [7, 11) is 4.95. The number of aliphatic carboxylic acids is 1. The van der Waals surface area contributed by atoms with Gasteiger partial charge in [0.2, 0.25) is 5.91 Å². The molecular weight excluding hydrogens is 396 g/mol. The summed E-state index contributed by atoms with van der Waals surface area (Å²) < 4.78 is 10.6. The van der Waals surface area contributed by atoms with Crippen molar-refractivity contribution in [2.45, 2.75) is 38.8 Å². The van der Waals surface area contributed by atoms with Crippen molar-refractivity contribution in [3.63, 3.8) is 0 Å². The molecule has 1 aliphatic heterocycles. The van der Waals surface area contributed by atoms with Gasteiger partial charge in [0.1, 0.15) is 0 Å². The number of nitrogens with zero attached hydrogens (tertiary/aromatic N) is 2. The molecular formula is C21H31ClN2O5. The molecule has 0 bridgehead atoms. The fourth-order valence-corrected chi connectivity index (χ4v) is 4.78. The molecule has 0 radical (unpaired) electrons. The summed E-state index contributed by atoms with van der Waals surface area (Å²) in [5.41, 5.74) is 0.275. The molecule has 1 amide bonds. The molecule has 3 atom stereocenters. The van der Waals surface area contributed by atoms with Crippen LogP contribution < -0.4 is 9.47 Å². The minimum atomic E-state index is -0.712. The van der Waals surface area contributed by atoms with E-state index in [1.807, 2.05) is 30.0 Å². The van der Waals surface area contributed by atoms with E-state index in [1.165, 1.54) is 0 Å². The number of methoxy groups -OCH3 is 2. The third-order valence-corrected chi connectivity index (χ3v) is 6.47. The molecule has 1 aromatic carbocycles. The minimum absolute atomic E-state index is 0. The molecule has 0 spiro atoms. The second kappa shape index (κ2) is 9.22. The van der Waals surface area contributed by atoms with Crippen LogP contribution in [0.1, 0.15) is 31.7 Å². The van der Waals surface area contributed by atoms with E-state index >= 15 is 0 Å². The largest absolute Gasteiger partial charge is 0.493 e. The van der Waals surface area contributed by atoms with E-state index in [-0.39, 0.29) is 30.3 Å². The Morgan fingerprint density at radius 3 is 2.59 bits per heavy atom. The number of rotatable bonds is 7. The number of halogens is 1. The molecule has 8 heteroatoms. The maximum absolute atomic E-state index is 13.0. The zero-order valence-corrected chi connectivity index (χ0v) is 18.3. The Morgan fingerprint density at radius 2 is 2.00 bits per heavy atom. The van der Waals surface area contributed by atoms with Crippen molar-refractivity contribution in [3.8, 4) is 11.5 Å². The Hall–Kier alpha value is -1.99. The van der Waals surface area contributed by atoms with Crippen LogP contribution in [0, 0.1) is 11.3 Å². The summed E-state index contributed by atoms with van der Waals surface area (Å²) >= 11 is 0. The first kappa shape index (κ1) is 23.3. The summed E-state index contributed by atoms with van der Waals surface area (Å²) in [6.45, 7) is 3.47. The van der Waals surface area contributed by atoms with Gasteiger partial charge >= 0.3 is 5.97 Å². The molecule has 29 heavy (non-hydrogen) atoms. The molecule has 1 saturated heterocycles. The van der Waals surface area contributed by atoms with Crippen LogP contribution >= 0.6 is 12.4 Å². The van der Waals surface area contributed by atoms with Gasteiger partial charge in [0.15, 0.2) is 11.5 Å². The van der Waals surface area contributed by atoms with Crippen molar-refractivity contribution < 1.29 is 24.2 Å². The number of benzene rings is 1. The first-order chi connectivity index (χ1) is 13.3. The van der Waals surface area contributed by atoms with Crippen molar-refractivity contribution >= 4 is 24.3 Å².